The number of hydrazine groups is 1. The zero-order chi connectivity index (χ0) is 16.1. The van der Waals surface area contributed by atoms with Gasteiger partial charge >= 0.3 is 0 Å². The van der Waals surface area contributed by atoms with Crippen LogP contribution in [0.25, 0.3) is 0 Å². The van der Waals surface area contributed by atoms with Crippen molar-refractivity contribution in [1.82, 2.24) is 20.8 Å². The van der Waals surface area contributed by atoms with Gasteiger partial charge in [-0.1, -0.05) is 23.9 Å². The Hall–Kier alpha value is -1.45. The van der Waals surface area contributed by atoms with Gasteiger partial charge in [-0.3, -0.25) is 20.4 Å². The molecule has 1 heterocycles. The molecule has 9 heteroatoms. The molecule has 1 aromatic carbocycles. The van der Waals surface area contributed by atoms with Crippen LogP contribution in [0.1, 0.15) is 20.8 Å². The topological polar surface area (TPSA) is 84.0 Å². The summed E-state index contributed by atoms with van der Waals surface area (Å²) in [5, 5.41) is 0.463. The Balaban J connectivity index is 2.07. The first-order valence-electron chi connectivity index (χ1n) is 5.94. The summed E-state index contributed by atoms with van der Waals surface area (Å²) in [4.78, 5) is 32.2. The van der Waals surface area contributed by atoms with Gasteiger partial charge in [-0.25, -0.2) is 9.97 Å². The molecule has 2 aromatic rings. The molecule has 0 bridgehead atoms. The standard InChI is InChI=1S/C13H10Br2N4O2S/c1-22-13-16-6-9(15)10(17-13)12(21)19-18-11(20)7-4-2-3-5-8(7)14/h2-6H,1H3,(H,18,20)(H,19,21). The molecule has 0 aliphatic carbocycles. The molecule has 0 aliphatic rings. The monoisotopic (exact) mass is 444 g/mol. The molecule has 0 unspecified atom stereocenters. The third-order valence-electron chi connectivity index (χ3n) is 2.53. The Morgan fingerprint density at radius 3 is 2.45 bits per heavy atom. The van der Waals surface area contributed by atoms with Gasteiger partial charge in [0.05, 0.1) is 10.0 Å². The zero-order valence-electron chi connectivity index (χ0n) is 11.3. The van der Waals surface area contributed by atoms with E-state index in [1.165, 1.54) is 18.0 Å². The summed E-state index contributed by atoms with van der Waals surface area (Å²) >= 11 is 7.80. The van der Waals surface area contributed by atoms with E-state index in [0.717, 1.165) is 0 Å². The van der Waals surface area contributed by atoms with Crippen molar-refractivity contribution < 1.29 is 9.59 Å². The van der Waals surface area contributed by atoms with E-state index < -0.39 is 11.8 Å². The number of hydrogen-bond donors (Lipinski definition) is 2. The molecule has 0 atom stereocenters. The van der Waals surface area contributed by atoms with Crippen molar-refractivity contribution in [2.75, 3.05) is 6.26 Å². The maximum Gasteiger partial charge on any atom is 0.289 e. The molecular weight excluding hydrogens is 436 g/mol. The molecule has 0 radical (unpaired) electrons. The lowest BCUT2D eigenvalue weighted by atomic mass is 10.2. The number of amides is 2. The Morgan fingerprint density at radius 1 is 1.09 bits per heavy atom. The van der Waals surface area contributed by atoms with Gasteiger partial charge in [0.2, 0.25) is 0 Å². The van der Waals surface area contributed by atoms with Crippen LogP contribution in [0.15, 0.2) is 44.6 Å². The molecule has 2 amide bonds. The van der Waals surface area contributed by atoms with Crippen molar-refractivity contribution in [2.45, 2.75) is 5.16 Å². The fourth-order valence-electron chi connectivity index (χ4n) is 1.49. The van der Waals surface area contributed by atoms with Gasteiger partial charge in [-0.2, -0.15) is 0 Å². The van der Waals surface area contributed by atoms with E-state index in [1.807, 2.05) is 0 Å². The molecule has 1 aromatic heterocycles. The summed E-state index contributed by atoms with van der Waals surface area (Å²) in [6.45, 7) is 0. The number of rotatable bonds is 3. The lowest BCUT2D eigenvalue weighted by Crippen LogP contribution is -2.42. The fraction of sp³-hybridized carbons (Fsp3) is 0.0769. The van der Waals surface area contributed by atoms with Gasteiger partial charge < -0.3 is 0 Å². The van der Waals surface area contributed by atoms with Crippen LogP contribution in [0.5, 0.6) is 0 Å². The molecule has 0 saturated carbocycles. The normalized spacial score (nSPS) is 10.1. The van der Waals surface area contributed by atoms with Crippen LogP contribution in [-0.2, 0) is 0 Å². The predicted molar refractivity (Wildman–Crippen MR) is 90.6 cm³/mol. The molecule has 22 heavy (non-hydrogen) atoms. The number of thioether (sulfide) groups is 1. The first-order valence-corrected chi connectivity index (χ1v) is 8.75. The van der Waals surface area contributed by atoms with E-state index in [2.05, 4.69) is 52.7 Å². The summed E-state index contributed by atoms with van der Waals surface area (Å²) in [6.07, 6.45) is 3.29. The van der Waals surface area contributed by atoms with E-state index >= 15 is 0 Å². The van der Waals surface area contributed by atoms with Crippen LogP contribution in [0, 0.1) is 0 Å². The average molecular weight is 446 g/mol. The van der Waals surface area contributed by atoms with Gasteiger partial charge in [0, 0.05) is 10.7 Å². The third kappa shape index (κ3) is 4.05. The number of carbonyl (C=O) groups is 2. The predicted octanol–water partition coefficient (Wildman–Crippen LogP) is 2.80. The van der Waals surface area contributed by atoms with Crippen molar-refractivity contribution in [1.29, 1.82) is 0 Å². The van der Waals surface area contributed by atoms with Crippen LogP contribution >= 0.6 is 43.6 Å². The summed E-state index contributed by atoms with van der Waals surface area (Å²) in [5.41, 5.74) is 5.23. The quantitative estimate of drug-likeness (QED) is 0.431. The first kappa shape index (κ1) is 16.9. The molecular formula is C13H10Br2N4O2S. The highest BCUT2D eigenvalue weighted by Gasteiger charge is 2.15. The first-order chi connectivity index (χ1) is 10.5. The second kappa shape index (κ2) is 7.70. The minimum atomic E-state index is -0.537. The minimum absolute atomic E-state index is 0.145. The fourth-order valence-corrected chi connectivity index (χ4v) is 2.67. The van der Waals surface area contributed by atoms with Gasteiger partial charge in [0.1, 0.15) is 5.69 Å². The second-order valence-corrected chi connectivity index (χ2v) is 6.42. The molecule has 6 nitrogen and oxygen atoms in total. The second-order valence-electron chi connectivity index (χ2n) is 3.94. The van der Waals surface area contributed by atoms with Gasteiger partial charge in [0.25, 0.3) is 11.8 Å². The number of hydrogen-bond acceptors (Lipinski definition) is 5. The Morgan fingerprint density at radius 2 is 1.77 bits per heavy atom. The summed E-state index contributed by atoms with van der Waals surface area (Å²) in [7, 11) is 0. The maximum atomic E-state index is 12.1. The zero-order valence-corrected chi connectivity index (χ0v) is 15.3. The molecule has 2 N–H and O–H groups in total. The van der Waals surface area contributed by atoms with E-state index in [4.69, 9.17) is 0 Å². The smallest absolute Gasteiger partial charge is 0.267 e. The summed E-state index contributed by atoms with van der Waals surface area (Å²) < 4.78 is 1.08. The number of nitrogens with zero attached hydrogens (tertiary/aromatic N) is 2. The highest BCUT2D eigenvalue weighted by molar-refractivity contribution is 9.10. The minimum Gasteiger partial charge on any atom is -0.267 e. The van der Waals surface area contributed by atoms with Crippen molar-refractivity contribution >= 4 is 55.4 Å². The van der Waals surface area contributed by atoms with Crippen molar-refractivity contribution in [2.24, 2.45) is 0 Å². The van der Waals surface area contributed by atoms with Crippen LogP contribution in [0.2, 0.25) is 0 Å². The van der Waals surface area contributed by atoms with Crippen molar-refractivity contribution in [3.8, 4) is 0 Å². The Labute approximate surface area is 147 Å². The molecule has 2 rings (SSSR count). The Bertz CT molecular complexity index is 727. The highest BCUT2D eigenvalue weighted by atomic mass is 79.9. The number of nitrogens with one attached hydrogen (secondary N) is 2. The van der Waals surface area contributed by atoms with Gasteiger partial charge in [0.15, 0.2) is 5.16 Å². The van der Waals surface area contributed by atoms with Crippen LogP contribution in [-0.4, -0.2) is 28.0 Å². The number of carbonyl (C=O) groups excluding carboxylic acids is 2. The molecule has 0 spiro atoms. The molecule has 0 aliphatic heterocycles. The third-order valence-corrected chi connectivity index (χ3v) is 4.36. The molecule has 0 fully saturated rings. The highest BCUT2D eigenvalue weighted by Crippen LogP contribution is 2.17. The number of benzene rings is 1. The number of aromatic nitrogens is 2. The van der Waals surface area contributed by atoms with Crippen LogP contribution in [0.3, 0.4) is 0 Å². The Kier molecular flexibility index (Phi) is 5.92. The van der Waals surface area contributed by atoms with Crippen LogP contribution < -0.4 is 10.9 Å². The van der Waals surface area contributed by atoms with Crippen molar-refractivity contribution in [3.63, 3.8) is 0 Å². The van der Waals surface area contributed by atoms with E-state index in [9.17, 15) is 9.59 Å². The van der Waals surface area contributed by atoms with E-state index in [0.29, 0.717) is 19.7 Å². The average Bonchev–Trinajstić information content (AvgIpc) is 2.53. The largest absolute Gasteiger partial charge is 0.289 e. The lowest BCUT2D eigenvalue weighted by Gasteiger charge is -2.09. The number of halogens is 2. The van der Waals surface area contributed by atoms with Gasteiger partial charge in [-0.05, 0) is 50.2 Å². The summed E-state index contributed by atoms with van der Waals surface area (Å²) in [6, 6.07) is 6.90. The molecule has 0 saturated heterocycles. The molecule has 114 valence electrons. The SMILES string of the molecule is CSc1ncc(Br)c(C(=O)NNC(=O)c2ccccc2Br)n1. The van der Waals surface area contributed by atoms with Gasteiger partial charge in [-0.15, -0.1) is 0 Å². The van der Waals surface area contributed by atoms with Crippen LogP contribution in [0.4, 0.5) is 0 Å². The van der Waals surface area contributed by atoms with Crippen molar-refractivity contribution in [3.05, 3.63) is 50.7 Å². The maximum absolute atomic E-state index is 12.1. The van der Waals surface area contributed by atoms with E-state index in [-0.39, 0.29) is 5.69 Å². The lowest BCUT2D eigenvalue weighted by molar-refractivity contribution is 0.0842. The summed E-state index contributed by atoms with van der Waals surface area (Å²) in [5.74, 6) is -0.971. The van der Waals surface area contributed by atoms with E-state index in [1.54, 1.807) is 30.5 Å².